The molecule has 1 aromatic carbocycles. The number of pyridine rings is 1. The van der Waals surface area contributed by atoms with E-state index in [9.17, 15) is 4.79 Å². The molecule has 128 valence electrons. The lowest BCUT2D eigenvalue weighted by molar-refractivity contribution is -0.116. The van der Waals surface area contributed by atoms with Crippen LogP contribution in [0.2, 0.25) is 0 Å². The number of anilines is 1. The average molecular weight is 353 g/mol. The zero-order valence-corrected chi connectivity index (χ0v) is 14.8. The van der Waals surface area contributed by atoms with Gasteiger partial charge >= 0.3 is 0 Å². The van der Waals surface area contributed by atoms with Gasteiger partial charge in [-0.05, 0) is 37.6 Å². The third-order valence-corrected chi connectivity index (χ3v) is 4.49. The van der Waals surface area contributed by atoms with Crippen LogP contribution < -0.4 is 10.1 Å². The molecule has 0 saturated heterocycles. The van der Waals surface area contributed by atoms with Gasteiger partial charge in [-0.3, -0.25) is 9.78 Å². The summed E-state index contributed by atoms with van der Waals surface area (Å²) < 4.78 is 5.52. The predicted octanol–water partition coefficient (Wildman–Crippen LogP) is 4.18. The fraction of sp³-hybridized carbons (Fsp3) is 0.211. The minimum absolute atomic E-state index is 0.0504. The van der Waals surface area contributed by atoms with Crippen LogP contribution in [0, 0.1) is 0 Å². The Morgan fingerprint density at radius 3 is 2.80 bits per heavy atom. The Morgan fingerprint density at radius 2 is 2.00 bits per heavy atom. The van der Waals surface area contributed by atoms with Crippen molar-refractivity contribution in [2.45, 2.75) is 19.8 Å². The van der Waals surface area contributed by atoms with E-state index in [1.54, 1.807) is 23.7 Å². The highest BCUT2D eigenvalue weighted by Crippen LogP contribution is 2.25. The van der Waals surface area contributed by atoms with Gasteiger partial charge in [0.15, 0.2) is 0 Å². The van der Waals surface area contributed by atoms with Crippen LogP contribution >= 0.6 is 11.3 Å². The molecule has 0 aliphatic rings. The lowest BCUT2D eigenvalue weighted by atomic mass is 10.2. The zero-order chi connectivity index (χ0) is 17.5. The molecule has 0 atom stereocenters. The number of aryl methyl sites for hydroxylation is 1. The van der Waals surface area contributed by atoms with Crippen molar-refractivity contribution in [2.75, 3.05) is 11.9 Å². The molecular formula is C19H19N3O2S. The number of amides is 1. The van der Waals surface area contributed by atoms with Gasteiger partial charge in [0, 0.05) is 29.8 Å². The van der Waals surface area contributed by atoms with Crippen LogP contribution in [-0.2, 0) is 11.2 Å². The number of carbonyl (C=O) groups is 1. The molecule has 1 amide bonds. The van der Waals surface area contributed by atoms with E-state index in [1.165, 1.54) is 0 Å². The van der Waals surface area contributed by atoms with Crippen molar-refractivity contribution in [3.05, 3.63) is 59.9 Å². The van der Waals surface area contributed by atoms with Gasteiger partial charge in [-0.25, -0.2) is 4.98 Å². The van der Waals surface area contributed by atoms with Crippen LogP contribution in [0.15, 0.2) is 54.2 Å². The van der Waals surface area contributed by atoms with Crippen LogP contribution in [0.4, 0.5) is 5.69 Å². The van der Waals surface area contributed by atoms with Gasteiger partial charge in [-0.2, -0.15) is 0 Å². The van der Waals surface area contributed by atoms with Gasteiger partial charge in [0.1, 0.15) is 10.8 Å². The van der Waals surface area contributed by atoms with Gasteiger partial charge < -0.3 is 10.1 Å². The van der Waals surface area contributed by atoms with Crippen molar-refractivity contribution in [3.63, 3.8) is 0 Å². The van der Waals surface area contributed by atoms with E-state index in [0.29, 0.717) is 30.9 Å². The van der Waals surface area contributed by atoms with Gasteiger partial charge in [0.05, 0.1) is 18.0 Å². The molecule has 3 aromatic rings. The average Bonchev–Trinajstić information content (AvgIpc) is 3.12. The van der Waals surface area contributed by atoms with Gasteiger partial charge in [0.2, 0.25) is 5.91 Å². The molecular weight excluding hydrogens is 334 g/mol. The monoisotopic (exact) mass is 353 g/mol. The summed E-state index contributed by atoms with van der Waals surface area (Å²) in [5.41, 5.74) is 2.66. The number of hydrogen-bond acceptors (Lipinski definition) is 5. The number of hydrogen-bond donors (Lipinski definition) is 1. The summed E-state index contributed by atoms with van der Waals surface area (Å²) in [6.45, 7) is 2.48. The number of ether oxygens (including phenoxy) is 1. The van der Waals surface area contributed by atoms with E-state index >= 15 is 0 Å². The van der Waals surface area contributed by atoms with Gasteiger partial charge in [0.25, 0.3) is 0 Å². The Labute approximate surface area is 150 Å². The SMILES string of the molecule is CCOc1ccccc1NC(=O)CCc1csc(-c2ccncc2)n1. The fourth-order valence-electron chi connectivity index (χ4n) is 2.35. The van der Waals surface area contributed by atoms with Crippen LogP contribution in [-0.4, -0.2) is 22.5 Å². The number of benzene rings is 1. The first-order valence-electron chi connectivity index (χ1n) is 8.12. The minimum Gasteiger partial charge on any atom is -0.492 e. The Morgan fingerprint density at radius 1 is 1.20 bits per heavy atom. The first-order valence-corrected chi connectivity index (χ1v) is 9.00. The molecule has 0 saturated carbocycles. The number of aromatic nitrogens is 2. The lowest BCUT2D eigenvalue weighted by Gasteiger charge is -2.10. The van der Waals surface area contributed by atoms with E-state index in [0.717, 1.165) is 16.3 Å². The lowest BCUT2D eigenvalue weighted by Crippen LogP contribution is -2.13. The van der Waals surface area contributed by atoms with E-state index < -0.39 is 0 Å². The molecule has 0 unspecified atom stereocenters. The molecule has 5 nitrogen and oxygen atoms in total. The molecule has 0 aliphatic carbocycles. The molecule has 0 aliphatic heterocycles. The summed E-state index contributed by atoms with van der Waals surface area (Å²) >= 11 is 1.58. The molecule has 0 radical (unpaired) electrons. The maximum atomic E-state index is 12.2. The topological polar surface area (TPSA) is 64.1 Å². The summed E-state index contributed by atoms with van der Waals surface area (Å²) in [5.74, 6) is 0.637. The fourth-order valence-corrected chi connectivity index (χ4v) is 3.21. The number of para-hydroxylation sites is 2. The molecule has 6 heteroatoms. The highest BCUT2D eigenvalue weighted by atomic mass is 32.1. The number of carbonyl (C=O) groups excluding carboxylic acids is 1. The molecule has 1 N–H and O–H groups in total. The summed E-state index contributed by atoms with van der Waals surface area (Å²) in [7, 11) is 0. The first-order chi connectivity index (χ1) is 12.3. The third-order valence-electron chi connectivity index (χ3n) is 3.55. The van der Waals surface area contributed by atoms with Crippen LogP contribution in [0.5, 0.6) is 5.75 Å². The van der Waals surface area contributed by atoms with Gasteiger partial charge in [-0.1, -0.05) is 12.1 Å². The minimum atomic E-state index is -0.0504. The second-order valence-corrected chi connectivity index (χ2v) is 6.22. The van der Waals surface area contributed by atoms with Crippen molar-refractivity contribution >= 4 is 22.9 Å². The highest BCUT2D eigenvalue weighted by Gasteiger charge is 2.10. The summed E-state index contributed by atoms with van der Waals surface area (Å²) in [5, 5.41) is 5.85. The standard InChI is InChI=1S/C19H19N3O2S/c1-2-24-17-6-4-3-5-16(17)22-18(23)8-7-15-13-25-19(21-15)14-9-11-20-12-10-14/h3-6,9-13H,2,7-8H2,1H3,(H,22,23). The quantitative estimate of drug-likeness (QED) is 0.692. The number of nitrogens with one attached hydrogen (secondary N) is 1. The number of thiazole rings is 1. The van der Waals surface area contributed by atoms with Crippen molar-refractivity contribution < 1.29 is 9.53 Å². The van der Waals surface area contributed by atoms with E-state index in [1.807, 2.05) is 48.7 Å². The summed E-state index contributed by atoms with van der Waals surface area (Å²) in [4.78, 5) is 20.8. The Hall–Kier alpha value is -2.73. The Kier molecular flexibility index (Phi) is 5.74. The van der Waals surface area contributed by atoms with Crippen LogP contribution in [0.25, 0.3) is 10.6 Å². The van der Waals surface area contributed by atoms with E-state index in [2.05, 4.69) is 15.3 Å². The number of nitrogens with zero attached hydrogens (tertiary/aromatic N) is 2. The third kappa shape index (κ3) is 4.64. The molecule has 0 bridgehead atoms. The van der Waals surface area contributed by atoms with Crippen molar-refractivity contribution in [1.29, 1.82) is 0 Å². The zero-order valence-electron chi connectivity index (χ0n) is 13.9. The van der Waals surface area contributed by atoms with E-state index in [4.69, 9.17) is 4.74 Å². The Bertz CT molecular complexity index is 833. The Balaban J connectivity index is 1.57. The second kappa shape index (κ2) is 8.39. The first kappa shape index (κ1) is 17.1. The molecule has 3 rings (SSSR count). The van der Waals surface area contributed by atoms with E-state index in [-0.39, 0.29) is 5.91 Å². The molecule has 0 fully saturated rings. The van der Waals surface area contributed by atoms with Crippen molar-refractivity contribution in [3.8, 4) is 16.3 Å². The number of rotatable bonds is 7. The predicted molar refractivity (Wildman–Crippen MR) is 99.9 cm³/mol. The van der Waals surface area contributed by atoms with Crippen LogP contribution in [0.1, 0.15) is 19.0 Å². The normalized spacial score (nSPS) is 10.4. The summed E-state index contributed by atoms with van der Waals surface area (Å²) in [6, 6.07) is 11.3. The van der Waals surface area contributed by atoms with Crippen molar-refractivity contribution in [2.24, 2.45) is 0 Å². The van der Waals surface area contributed by atoms with Crippen LogP contribution in [0.3, 0.4) is 0 Å². The van der Waals surface area contributed by atoms with Crippen molar-refractivity contribution in [1.82, 2.24) is 9.97 Å². The largest absolute Gasteiger partial charge is 0.492 e. The maximum Gasteiger partial charge on any atom is 0.224 e. The smallest absolute Gasteiger partial charge is 0.224 e. The molecule has 25 heavy (non-hydrogen) atoms. The summed E-state index contributed by atoms with van der Waals surface area (Å²) in [6.07, 6.45) is 4.48. The molecule has 2 aromatic heterocycles. The molecule has 0 spiro atoms. The highest BCUT2D eigenvalue weighted by molar-refractivity contribution is 7.13. The second-order valence-electron chi connectivity index (χ2n) is 5.36. The maximum absolute atomic E-state index is 12.2. The van der Waals surface area contributed by atoms with Gasteiger partial charge in [-0.15, -0.1) is 11.3 Å². The molecule has 2 heterocycles.